The van der Waals surface area contributed by atoms with Gasteiger partial charge in [0.1, 0.15) is 5.84 Å². The molecule has 32 heavy (non-hydrogen) atoms. The maximum absolute atomic E-state index is 12.5. The number of benzene rings is 2. The molecule has 3 rings (SSSR count). The van der Waals surface area contributed by atoms with Crippen LogP contribution in [0.5, 0.6) is 0 Å². The number of ether oxygens (including phenoxy) is 1. The lowest BCUT2D eigenvalue weighted by Crippen LogP contribution is -2.29. The van der Waals surface area contributed by atoms with Crippen molar-refractivity contribution >= 4 is 33.4 Å². The molecule has 0 fully saturated rings. The molecule has 1 aliphatic rings. The number of carbonyl (C=O) groups is 2. The van der Waals surface area contributed by atoms with E-state index in [0.717, 1.165) is 18.4 Å². The summed E-state index contributed by atoms with van der Waals surface area (Å²) in [6.07, 6.45) is 2.31. The average Bonchev–Trinajstić information content (AvgIpc) is 3.24. The number of hydrogen-bond acceptors (Lipinski definition) is 6. The van der Waals surface area contributed by atoms with E-state index < -0.39 is 28.5 Å². The molecule has 0 spiro atoms. The van der Waals surface area contributed by atoms with Crippen LogP contribution in [-0.2, 0) is 26.0 Å². The molecule has 1 heterocycles. The fourth-order valence-electron chi connectivity index (χ4n) is 3.24. The molecule has 170 valence electrons. The monoisotopic (exact) mass is 457 g/mol. The minimum absolute atomic E-state index is 0.00313. The maximum Gasteiger partial charge on any atom is 0.338 e. The summed E-state index contributed by atoms with van der Waals surface area (Å²) >= 11 is 0. The van der Waals surface area contributed by atoms with Gasteiger partial charge >= 0.3 is 5.97 Å². The van der Waals surface area contributed by atoms with Crippen molar-refractivity contribution in [3.8, 4) is 0 Å². The number of nitrogens with zero attached hydrogens (tertiary/aromatic N) is 1. The van der Waals surface area contributed by atoms with Crippen molar-refractivity contribution in [1.29, 1.82) is 0 Å². The zero-order valence-electron chi connectivity index (χ0n) is 18.1. The molecule has 0 aromatic heterocycles. The van der Waals surface area contributed by atoms with E-state index in [9.17, 15) is 18.0 Å². The summed E-state index contributed by atoms with van der Waals surface area (Å²) in [6, 6.07) is 12.9. The molecule has 2 aromatic rings. The number of nitrogens with one attached hydrogen (secondary N) is 2. The number of hydrogen-bond donors (Lipinski definition) is 2. The van der Waals surface area contributed by atoms with E-state index >= 15 is 0 Å². The van der Waals surface area contributed by atoms with Gasteiger partial charge in [0.05, 0.1) is 10.5 Å². The Hall–Kier alpha value is -3.20. The van der Waals surface area contributed by atoms with Gasteiger partial charge in [0, 0.05) is 18.7 Å². The van der Waals surface area contributed by atoms with Crippen LogP contribution in [0.15, 0.2) is 58.4 Å². The number of anilines is 1. The third-order valence-corrected chi connectivity index (χ3v) is 6.10. The second kappa shape index (κ2) is 10.4. The van der Waals surface area contributed by atoms with E-state index in [2.05, 4.69) is 28.9 Å². The molecule has 8 nitrogen and oxygen atoms in total. The van der Waals surface area contributed by atoms with Gasteiger partial charge in [-0.05, 0) is 54.7 Å². The van der Waals surface area contributed by atoms with E-state index in [4.69, 9.17) is 4.74 Å². The van der Waals surface area contributed by atoms with Gasteiger partial charge in [-0.3, -0.25) is 14.5 Å². The predicted molar refractivity (Wildman–Crippen MR) is 122 cm³/mol. The zero-order chi connectivity index (χ0) is 23.1. The normalized spacial score (nSPS) is 13.5. The Morgan fingerprint density at radius 3 is 2.53 bits per heavy atom. The molecule has 2 aromatic carbocycles. The number of sulfonamides is 1. The van der Waals surface area contributed by atoms with Crippen LogP contribution in [0.4, 0.5) is 5.69 Å². The van der Waals surface area contributed by atoms with Gasteiger partial charge in [-0.1, -0.05) is 32.0 Å². The molecule has 2 N–H and O–H groups in total. The first-order chi connectivity index (χ1) is 15.2. The summed E-state index contributed by atoms with van der Waals surface area (Å²) < 4.78 is 32.6. The summed E-state index contributed by atoms with van der Waals surface area (Å²) in [5.74, 6) is -0.229. The molecule has 0 bridgehead atoms. The molecule has 0 saturated carbocycles. The third kappa shape index (κ3) is 6.65. The van der Waals surface area contributed by atoms with Crippen LogP contribution in [0.1, 0.15) is 42.6 Å². The van der Waals surface area contributed by atoms with Crippen LogP contribution < -0.4 is 10.0 Å². The van der Waals surface area contributed by atoms with Crippen LogP contribution in [0.3, 0.4) is 0 Å². The van der Waals surface area contributed by atoms with Crippen molar-refractivity contribution in [1.82, 2.24) is 4.72 Å². The van der Waals surface area contributed by atoms with E-state index in [1.165, 1.54) is 18.2 Å². The fourth-order valence-corrected chi connectivity index (χ4v) is 4.37. The van der Waals surface area contributed by atoms with Gasteiger partial charge in [-0.15, -0.1) is 0 Å². The van der Waals surface area contributed by atoms with E-state index in [-0.39, 0.29) is 10.6 Å². The number of amidine groups is 1. The number of amides is 1. The Kier molecular flexibility index (Phi) is 7.63. The Morgan fingerprint density at radius 1 is 1.12 bits per heavy atom. The first-order valence-electron chi connectivity index (χ1n) is 10.4. The van der Waals surface area contributed by atoms with Gasteiger partial charge in [-0.25, -0.2) is 13.2 Å². The zero-order valence-corrected chi connectivity index (χ0v) is 18.9. The number of carbonyl (C=O) groups excluding carboxylic acids is 2. The minimum Gasteiger partial charge on any atom is -0.452 e. The SMILES string of the molecule is CC(C)Cc1ccc(C(=O)OCC(=O)Nc2cccc(S(=O)(=O)NC3=NCCC3)c2)cc1. The predicted octanol–water partition coefficient (Wildman–Crippen LogP) is 3.15. The molecule has 0 aliphatic carbocycles. The van der Waals surface area contributed by atoms with Crippen molar-refractivity contribution in [2.75, 3.05) is 18.5 Å². The van der Waals surface area contributed by atoms with Gasteiger partial charge in [0.2, 0.25) is 0 Å². The molecule has 9 heteroatoms. The maximum atomic E-state index is 12.5. The van der Waals surface area contributed by atoms with Crippen molar-refractivity contribution in [3.05, 3.63) is 59.7 Å². The molecule has 0 unspecified atom stereocenters. The molecule has 1 aliphatic heterocycles. The summed E-state index contributed by atoms with van der Waals surface area (Å²) in [7, 11) is -3.79. The van der Waals surface area contributed by atoms with E-state index in [1.54, 1.807) is 18.2 Å². The highest BCUT2D eigenvalue weighted by Gasteiger charge is 2.19. The van der Waals surface area contributed by atoms with Crippen LogP contribution in [0.2, 0.25) is 0 Å². The first-order valence-corrected chi connectivity index (χ1v) is 11.9. The second-order valence-electron chi connectivity index (χ2n) is 7.98. The quantitative estimate of drug-likeness (QED) is 0.591. The third-order valence-electron chi connectivity index (χ3n) is 4.72. The smallest absolute Gasteiger partial charge is 0.338 e. The lowest BCUT2D eigenvalue weighted by atomic mass is 10.0. The Morgan fingerprint density at radius 2 is 1.88 bits per heavy atom. The summed E-state index contributed by atoms with van der Waals surface area (Å²) in [4.78, 5) is 28.5. The second-order valence-corrected chi connectivity index (χ2v) is 9.67. The Labute approximate surface area is 188 Å². The Bertz CT molecular complexity index is 1110. The van der Waals surface area contributed by atoms with Crippen molar-refractivity contribution in [3.63, 3.8) is 0 Å². The summed E-state index contributed by atoms with van der Waals surface area (Å²) in [5, 5.41) is 2.55. The highest BCUT2D eigenvalue weighted by Crippen LogP contribution is 2.17. The lowest BCUT2D eigenvalue weighted by Gasteiger charge is -2.10. The molecule has 0 radical (unpaired) electrons. The number of aliphatic imine (C=N–C) groups is 1. The fraction of sp³-hybridized carbons (Fsp3) is 0.348. The lowest BCUT2D eigenvalue weighted by molar-refractivity contribution is -0.119. The van der Waals surface area contributed by atoms with Crippen molar-refractivity contribution < 1.29 is 22.7 Å². The van der Waals surface area contributed by atoms with E-state index in [1.807, 2.05) is 12.1 Å². The van der Waals surface area contributed by atoms with Gasteiger partial charge < -0.3 is 10.1 Å². The van der Waals surface area contributed by atoms with Crippen LogP contribution in [-0.4, -0.2) is 39.3 Å². The first kappa shape index (κ1) is 23.5. The van der Waals surface area contributed by atoms with Crippen LogP contribution in [0, 0.1) is 5.92 Å². The van der Waals surface area contributed by atoms with Crippen molar-refractivity contribution in [2.24, 2.45) is 10.9 Å². The Balaban J connectivity index is 1.54. The largest absolute Gasteiger partial charge is 0.452 e. The van der Waals surface area contributed by atoms with Gasteiger partial charge in [0.15, 0.2) is 6.61 Å². The van der Waals surface area contributed by atoms with Gasteiger partial charge in [0.25, 0.3) is 15.9 Å². The topological polar surface area (TPSA) is 114 Å². The molecule has 1 amide bonds. The van der Waals surface area contributed by atoms with Crippen LogP contribution in [0.25, 0.3) is 0 Å². The molecule has 0 saturated heterocycles. The minimum atomic E-state index is -3.79. The molecular weight excluding hydrogens is 430 g/mol. The number of rotatable bonds is 8. The molecule has 0 atom stereocenters. The summed E-state index contributed by atoms with van der Waals surface area (Å²) in [6.45, 7) is 4.35. The van der Waals surface area contributed by atoms with E-state index in [0.29, 0.717) is 30.3 Å². The number of esters is 1. The van der Waals surface area contributed by atoms with Gasteiger partial charge in [-0.2, -0.15) is 0 Å². The summed E-state index contributed by atoms with van der Waals surface area (Å²) in [5.41, 5.74) is 1.76. The highest BCUT2D eigenvalue weighted by molar-refractivity contribution is 7.90. The molecular formula is C23H27N3O5S. The highest BCUT2D eigenvalue weighted by atomic mass is 32.2. The average molecular weight is 458 g/mol. The van der Waals surface area contributed by atoms with Crippen molar-refractivity contribution in [2.45, 2.75) is 38.0 Å². The van der Waals surface area contributed by atoms with Crippen LogP contribution >= 0.6 is 0 Å². The standard InChI is InChI=1S/C23H27N3O5S/c1-16(2)13-17-8-10-18(11-9-17)23(28)31-15-22(27)25-19-5-3-6-20(14-19)32(29,30)26-21-7-4-12-24-21/h3,5-6,8-11,14,16H,4,7,12-13,15H2,1-2H3,(H,24,26)(H,25,27).